The van der Waals surface area contributed by atoms with Gasteiger partial charge in [-0.05, 0) is 43.2 Å². The topological polar surface area (TPSA) is 58.6 Å². The van der Waals surface area contributed by atoms with E-state index in [1.54, 1.807) is 6.33 Å². The second-order valence-corrected chi connectivity index (χ2v) is 8.53. The van der Waals surface area contributed by atoms with Gasteiger partial charge < -0.3 is 14.5 Å². The van der Waals surface area contributed by atoms with Crippen LogP contribution in [0, 0.1) is 17.8 Å². The number of aromatic nitrogens is 2. The van der Waals surface area contributed by atoms with Gasteiger partial charge in [-0.3, -0.25) is 4.79 Å². The molecule has 6 heteroatoms. The number of rotatable bonds is 3. The van der Waals surface area contributed by atoms with Crippen LogP contribution >= 0.6 is 0 Å². The lowest BCUT2D eigenvalue weighted by atomic mass is 9.91. The van der Waals surface area contributed by atoms with E-state index in [-0.39, 0.29) is 11.9 Å². The van der Waals surface area contributed by atoms with E-state index < -0.39 is 0 Å². The molecule has 0 saturated carbocycles. The van der Waals surface area contributed by atoms with Crippen LogP contribution in [0.4, 0.5) is 11.5 Å². The summed E-state index contributed by atoms with van der Waals surface area (Å²) in [5.41, 5.74) is 2.18. The quantitative estimate of drug-likeness (QED) is 0.757. The van der Waals surface area contributed by atoms with Crippen molar-refractivity contribution in [3.05, 3.63) is 24.5 Å². The fraction of sp³-hybridized carbons (Fsp3) is 0.591. The van der Waals surface area contributed by atoms with Gasteiger partial charge >= 0.3 is 5.97 Å². The summed E-state index contributed by atoms with van der Waals surface area (Å²) in [5, 5.41) is 1.11. The molecule has 2 aliphatic heterocycles. The number of methoxy groups -OCH3 is 1. The Labute approximate surface area is 166 Å². The zero-order valence-electron chi connectivity index (χ0n) is 17.1. The van der Waals surface area contributed by atoms with Crippen LogP contribution in [-0.4, -0.2) is 49.2 Å². The second-order valence-electron chi connectivity index (χ2n) is 8.53. The summed E-state index contributed by atoms with van der Waals surface area (Å²) in [6, 6.07) is 6.34. The van der Waals surface area contributed by atoms with Gasteiger partial charge in [-0.25, -0.2) is 9.97 Å². The third-order valence-corrected chi connectivity index (χ3v) is 6.09. The van der Waals surface area contributed by atoms with E-state index in [0.29, 0.717) is 18.4 Å². The van der Waals surface area contributed by atoms with Crippen molar-refractivity contribution >= 4 is 28.4 Å². The average Bonchev–Trinajstić information content (AvgIpc) is 2.71. The molecule has 2 aromatic rings. The maximum Gasteiger partial charge on any atom is 0.310 e. The van der Waals surface area contributed by atoms with Gasteiger partial charge in [-0.2, -0.15) is 0 Å². The van der Waals surface area contributed by atoms with Gasteiger partial charge in [0.15, 0.2) is 0 Å². The Morgan fingerprint density at radius 2 is 1.89 bits per heavy atom. The summed E-state index contributed by atoms with van der Waals surface area (Å²) in [7, 11) is 1.47. The minimum atomic E-state index is -0.123. The van der Waals surface area contributed by atoms with Crippen molar-refractivity contribution in [2.24, 2.45) is 17.8 Å². The van der Waals surface area contributed by atoms with Crippen molar-refractivity contribution in [2.45, 2.75) is 33.1 Å². The predicted molar refractivity (Wildman–Crippen MR) is 112 cm³/mol. The largest absolute Gasteiger partial charge is 0.469 e. The van der Waals surface area contributed by atoms with E-state index in [9.17, 15) is 4.79 Å². The van der Waals surface area contributed by atoms with E-state index in [2.05, 4.69) is 51.8 Å². The first-order valence-electron chi connectivity index (χ1n) is 10.4. The zero-order valence-corrected chi connectivity index (χ0v) is 17.1. The van der Waals surface area contributed by atoms with Crippen molar-refractivity contribution in [2.75, 3.05) is 43.1 Å². The molecule has 4 rings (SSSR count). The Kier molecular flexibility index (Phi) is 5.38. The highest BCUT2D eigenvalue weighted by molar-refractivity contribution is 6.00. The first kappa shape index (κ1) is 19.0. The summed E-state index contributed by atoms with van der Waals surface area (Å²) in [4.78, 5) is 26.1. The second kappa shape index (κ2) is 7.94. The van der Waals surface area contributed by atoms with Crippen LogP contribution in [0.3, 0.4) is 0 Å². The molecular weight excluding hydrogens is 352 g/mol. The molecule has 2 saturated heterocycles. The Balaban J connectivity index is 1.74. The molecule has 0 amide bonds. The van der Waals surface area contributed by atoms with Gasteiger partial charge in [0, 0.05) is 31.9 Å². The molecular formula is C22H30N4O2. The number of ether oxygens (including phenoxy) is 1. The molecule has 3 atom stereocenters. The smallest absolute Gasteiger partial charge is 0.310 e. The molecule has 1 aromatic heterocycles. The fourth-order valence-electron chi connectivity index (χ4n) is 4.97. The summed E-state index contributed by atoms with van der Waals surface area (Å²) < 4.78 is 5.00. The Morgan fingerprint density at radius 1 is 1.11 bits per heavy atom. The van der Waals surface area contributed by atoms with Crippen LogP contribution in [-0.2, 0) is 9.53 Å². The highest BCUT2D eigenvalue weighted by Crippen LogP contribution is 2.37. The van der Waals surface area contributed by atoms with E-state index in [4.69, 9.17) is 4.74 Å². The van der Waals surface area contributed by atoms with Crippen molar-refractivity contribution in [3.63, 3.8) is 0 Å². The molecule has 150 valence electrons. The Hall–Kier alpha value is -2.37. The number of benzene rings is 1. The molecule has 28 heavy (non-hydrogen) atoms. The molecule has 2 aliphatic rings. The Morgan fingerprint density at radius 3 is 2.64 bits per heavy atom. The third kappa shape index (κ3) is 3.64. The maximum atomic E-state index is 12.1. The number of carbonyl (C=O) groups is 1. The predicted octanol–water partition coefficient (Wildman–Crippen LogP) is 3.50. The minimum absolute atomic E-state index is 0.0917. The standard InChI is InChI=1S/C22H30N4O2/c1-15-10-16(2)12-26(11-15)19-8-4-7-18-20(19)21(24-14-23-18)25-9-5-6-17(13-25)22(27)28-3/h4,7-8,14-17H,5-6,9-13H2,1-3H3. The van der Waals surface area contributed by atoms with Crippen LogP contribution in [0.1, 0.15) is 33.1 Å². The van der Waals surface area contributed by atoms with Crippen molar-refractivity contribution < 1.29 is 9.53 Å². The van der Waals surface area contributed by atoms with Crippen molar-refractivity contribution in [1.82, 2.24) is 9.97 Å². The SMILES string of the molecule is COC(=O)C1CCCN(c2ncnc3cccc(N4CC(C)CC(C)C4)c23)C1. The maximum absolute atomic E-state index is 12.1. The van der Waals surface area contributed by atoms with Crippen LogP contribution in [0.2, 0.25) is 0 Å². The minimum Gasteiger partial charge on any atom is -0.469 e. The molecule has 2 fully saturated rings. The number of piperidine rings is 2. The molecule has 0 aliphatic carbocycles. The lowest BCUT2D eigenvalue weighted by molar-refractivity contribution is -0.145. The molecule has 3 unspecified atom stereocenters. The zero-order chi connectivity index (χ0) is 19.7. The molecule has 3 heterocycles. The summed E-state index contributed by atoms with van der Waals surface area (Å²) in [6.45, 7) is 8.33. The fourth-order valence-corrected chi connectivity index (χ4v) is 4.97. The van der Waals surface area contributed by atoms with Gasteiger partial charge in [-0.15, -0.1) is 0 Å². The highest BCUT2D eigenvalue weighted by Gasteiger charge is 2.30. The van der Waals surface area contributed by atoms with Gasteiger partial charge in [-0.1, -0.05) is 19.9 Å². The number of hydrogen-bond donors (Lipinski definition) is 0. The van der Waals surface area contributed by atoms with E-state index in [0.717, 1.165) is 49.2 Å². The monoisotopic (exact) mass is 382 g/mol. The van der Waals surface area contributed by atoms with Gasteiger partial charge in [0.1, 0.15) is 12.1 Å². The number of esters is 1. The Bertz CT molecular complexity index is 840. The number of hydrogen-bond acceptors (Lipinski definition) is 6. The first-order valence-corrected chi connectivity index (χ1v) is 10.4. The molecule has 6 nitrogen and oxygen atoms in total. The van der Waals surface area contributed by atoms with Crippen molar-refractivity contribution in [3.8, 4) is 0 Å². The lowest BCUT2D eigenvalue weighted by Crippen LogP contribution is -2.40. The van der Waals surface area contributed by atoms with Gasteiger partial charge in [0.2, 0.25) is 0 Å². The van der Waals surface area contributed by atoms with E-state index in [1.165, 1.54) is 19.2 Å². The van der Waals surface area contributed by atoms with Crippen LogP contribution < -0.4 is 9.80 Å². The third-order valence-electron chi connectivity index (χ3n) is 6.09. The first-order chi connectivity index (χ1) is 13.6. The lowest BCUT2D eigenvalue weighted by Gasteiger charge is -2.38. The molecule has 0 spiro atoms. The highest BCUT2D eigenvalue weighted by atomic mass is 16.5. The van der Waals surface area contributed by atoms with E-state index >= 15 is 0 Å². The number of fused-ring (bicyclic) bond motifs is 1. The number of anilines is 2. The summed E-state index contributed by atoms with van der Waals surface area (Å²) in [6.07, 6.45) is 4.76. The summed E-state index contributed by atoms with van der Waals surface area (Å²) in [5.74, 6) is 2.07. The molecule has 0 N–H and O–H groups in total. The average molecular weight is 383 g/mol. The van der Waals surface area contributed by atoms with Gasteiger partial charge in [0.05, 0.1) is 23.9 Å². The molecule has 0 radical (unpaired) electrons. The number of carbonyl (C=O) groups excluding carboxylic acids is 1. The summed E-state index contributed by atoms with van der Waals surface area (Å²) >= 11 is 0. The van der Waals surface area contributed by atoms with Gasteiger partial charge in [0.25, 0.3) is 0 Å². The van der Waals surface area contributed by atoms with Crippen LogP contribution in [0.15, 0.2) is 24.5 Å². The van der Waals surface area contributed by atoms with Crippen molar-refractivity contribution in [1.29, 1.82) is 0 Å². The van der Waals surface area contributed by atoms with E-state index in [1.807, 2.05) is 0 Å². The normalized spacial score (nSPS) is 25.8. The number of nitrogens with zero attached hydrogens (tertiary/aromatic N) is 4. The molecule has 0 bridgehead atoms. The van der Waals surface area contributed by atoms with Crippen LogP contribution in [0.25, 0.3) is 10.9 Å². The molecule has 1 aromatic carbocycles. The van der Waals surface area contributed by atoms with Crippen LogP contribution in [0.5, 0.6) is 0 Å².